The second kappa shape index (κ2) is 4.31. The van der Waals surface area contributed by atoms with Crippen LogP contribution in [-0.4, -0.2) is 20.7 Å². The van der Waals surface area contributed by atoms with E-state index >= 15 is 0 Å². The van der Waals surface area contributed by atoms with E-state index in [1.807, 2.05) is 61.5 Å². The predicted molar refractivity (Wildman–Crippen MR) is 82.5 cm³/mol. The second-order valence-electron chi connectivity index (χ2n) is 5.06. The molecule has 21 heavy (non-hydrogen) atoms. The first-order chi connectivity index (χ1) is 10.3. The molecular formula is C17H13N3O. The van der Waals surface area contributed by atoms with Crippen LogP contribution >= 0.6 is 0 Å². The third kappa shape index (κ3) is 1.62. The first kappa shape index (κ1) is 11.9. The zero-order valence-electron chi connectivity index (χ0n) is 11.5. The van der Waals surface area contributed by atoms with Crippen LogP contribution in [0.15, 0.2) is 54.6 Å². The number of aromatic amines is 1. The summed E-state index contributed by atoms with van der Waals surface area (Å²) in [6.07, 6.45) is 0. The molecule has 4 rings (SSSR count). The molecule has 0 unspecified atom stereocenters. The Labute approximate surface area is 121 Å². The number of carbonyl (C=O) groups is 1. The van der Waals surface area contributed by atoms with Crippen LogP contribution < -0.4 is 0 Å². The molecule has 1 N–H and O–H groups in total. The van der Waals surface area contributed by atoms with Crippen molar-refractivity contribution >= 4 is 27.8 Å². The van der Waals surface area contributed by atoms with Crippen molar-refractivity contribution < 1.29 is 4.79 Å². The summed E-state index contributed by atoms with van der Waals surface area (Å²) in [5, 5.41) is 9.29. The van der Waals surface area contributed by atoms with Gasteiger partial charge in [0.1, 0.15) is 5.65 Å². The summed E-state index contributed by atoms with van der Waals surface area (Å²) < 4.78 is 1.71. The van der Waals surface area contributed by atoms with Crippen LogP contribution in [0.25, 0.3) is 21.9 Å². The standard InChI is InChI=1S/C17H13N3O/c1-11-15-13-9-5-6-10-14(13)20(16(15)19-18-11)17(21)12-7-3-2-4-8-12/h2-10H,1H3,(H,18,19). The van der Waals surface area contributed by atoms with Gasteiger partial charge in [-0.25, -0.2) is 0 Å². The molecule has 0 saturated heterocycles. The first-order valence-corrected chi connectivity index (χ1v) is 6.81. The molecule has 0 aliphatic rings. The molecule has 0 aliphatic carbocycles. The monoisotopic (exact) mass is 275 g/mol. The summed E-state index contributed by atoms with van der Waals surface area (Å²) >= 11 is 0. The molecule has 0 radical (unpaired) electrons. The Morgan fingerprint density at radius 1 is 1.05 bits per heavy atom. The van der Waals surface area contributed by atoms with Gasteiger partial charge < -0.3 is 0 Å². The van der Waals surface area contributed by atoms with E-state index in [1.54, 1.807) is 4.57 Å². The molecule has 0 bridgehead atoms. The van der Waals surface area contributed by atoms with Gasteiger partial charge in [-0.05, 0) is 25.1 Å². The molecule has 4 heteroatoms. The average molecular weight is 275 g/mol. The number of hydrogen-bond donors (Lipinski definition) is 1. The molecular weight excluding hydrogens is 262 g/mol. The third-order valence-corrected chi connectivity index (χ3v) is 3.79. The minimum Gasteiger partial charge on any atom is -0.268 e. The van der Waals surface area contributed by atoms with E-state index < -0.39 is 0 Å². The number of fused-ring (bicyclic) bond motifs is 3. The maximum absolute atomic E-state index is 12.9. The summed E-state index contributed by atoms with van der Waals surface area (Å²) in [5.74, 6) is -0.0505. The first-order valence-electron chi connectivity index (χ1n) is 6.81. The number of aryl methyl sites for hydroxylation is 1. The van der Waals surface area contributed by atoms with Crippen LogP contribution in [0, 0.1) is 6.92 Å². The molecule has 4 nitrogen and oxygen atoms in total. The Kier molecular flexibility index (Phi) is 2.44. The molecule has 2 aromatic carbocycles. The Balaban J connectivity index is 2.09. The fraction of sp³-hybridized carbons (Fsp3) is 0.0588. The molecule has 0 aliphatic heterocycles. The van der Waals surface area contributed by atoms with E-state index in [0.717, 1.165) is 27.6 Å². The van der Waals surface area contributed by atoms with E-state index in [9.17, 15) is 4.79 Å². The van der Waals surface area contributed by atoms with Gasteiger partial charge in [-0.1, -0.05) is 36.4 Å². The molecule has 0 atom stereocenters. The fourth-order valence-electron chi connectivity index (χ4n) is 2.83. The van der Waals surface area contributed by atoms with Gasteiger partial charge in [-0.15, -0.1) is 0 Å². The Morgan fingerprint density at radius 2 is 1.76 bits per heavy atom. The van der Waals surface area contributed by atoms with Gasteiger partial charge in [-0.2, -0.15) is 5.10 Å². The van der Waals surface area contributed by atoms with E-state index in [2.05, 4.69) is 10.2 Å². The Bertz CT molecular complexity index is 964. The molecule has 2 aromatic heterocycles. The van der Waals surface area contributed by atoms with Crippen molar-refractivity contribution in [3.63, 3.8) is 0 Å². The van der Waals surface area contributed by atoms with Crippen molar-refractivity contribution in [1.29, 1.82) is 0 Å². The molecule has 0 saturated carbocycles. The Morgan fingerprint density at radius 3 is 2.57 bits per heavy atom. The molecule has 2 heterocycles. The highest BCUT2D eigenvalue weighted by Gasteiger charge is 2.19. The van der Waals surface area contributed by atoms with Crippen LogP contribution in [0.2, 0.25) is 0 Å². The van der Waals surface area contributed by atoms with Gasteiger partial charge in [0, 0.05) is 16.3 Å². The summed E-state index contributed by atoms with van der Waals surface area (Å²) in [7, 11) is 0. The van der Waals surface area contributed by atoms with Crippen molar-refractivity contribution in [2.24, 2.45) is 0 Å². The number of para-hydroxylation sites is 1. The van der Waals surface area contributed by atoms with E-state index in [1.165, 1.54) is 0 Å². The highest BCUT2D eigenvalue weighted by atomic mass is 16.2. The summed E-state index contributed by atoms with van der Waals surface area (Å²) in [6, 6.07) is 17.2. The lowest BCUT2D eigenvalue weighted by molar-refractivity contribution is 0.0969. The van der Waals surface area contributed by atoms with Crippen molar-refractivity contribution in [2.45, 2.75) is 6.92 Å². The number of rotatable bonds is 1. The quantitative estimate of drug-likeness (QED) is 0.578. The van der Waals surface area contributed by atoms with Gasteiger partial charge in [0.25, 0.3) is 5.91 Å². The Hall–Kier alpha value is -2.88. The molecule has 0 amide bonds. The number of carbonyl (C=O) groups excluding carboxylic acids is 1. The maximum atomic E-state index is 12.9. The number of nitrogens with one attached hydrogen (secondary N) is 1. The van der Waals surface area contributed by atoms with E-state index in [4.69, 9.17) is 0 Å². The molecule has 0 fully saturated rings. The summed E-state index contributed by atoms with van der Waals surface area (Å²) in [5.41, 5.74) is 3.22. The topological polar surface area (TPSA) is 50.7 Å². The smallest absolute Gasteiger partial charge is 0.264 e. The highest BCUT2D eigenvalue weighted by Crippen LogP contribution is 2.30. The van der Waals surface area contributed by atoms with Crippen molar-refractivity contribution in [3.05, 3.63) is 65.9 Å². The normalized spacial score (nSPS) is 11.3. The van der Waals surface area contributed by atoms with Crippen LogP contribution in [-0.2, 0) is 0 Å². The largest absolute Gasteiger partial charge is 0.268 e. The van der Waals surface area contributed by atoms with Gasteiger partial charge in [0.15, 0.2) is 0 Å². The lowest BCUT2D eigenvalue weighted by Gasteiger charge is -2.04. The van der Waals surface area contributed by atoms with Gasteiger partial charge in [0.05, 0.1) is 11.2 Å². The fourth-order valence-corrected chi connectivity index (χ4v) is 2.83. The lowest BCUT2D eigenvalue weighted by atomic mass is 10.2. The number of nitrogens with zero attached hydrogens (tertiary/aromatic N) is 2. The van der Waals surface area contributed by atoms with Gasteiger partial charge in [-0.3, -0.25) is 14.5 Å². The predicted octanol–water partition coefficient (Wildman–Crippen LogP) is 3.51. The van der Waals surface area contributed by atoms with Crippen molar-refractivity contribution in [3.8, 4) is 0 Å². The van der Waals surface area contributed by atoms with Gasteiger partial charge in [0.2, 0.25) is 0 Å². The zero-order valence-corrected chi connectivity index (χ0v) is 11.5. The van der Waals surface area contributed by atoms with Crippen LogP contribution in [0.4, 0.5) is 0 Å². The molecule has 4 aromatic rings. The summed E-state index contributed by atoms with van der Waals surface area (Å²) in [4.78, 5) is 12.9. The third-order valence-electron chi connectivity index (χ3n) is 3.79. The van der Waals surface area contributed by atoms with Crippen LogP contribution in [0.3, 0.4) is 0 Å². The second-order valence-corrected chi connectivity index (χ2v) is 5.06. The minimum atomic E-state index is -0.0505. The van der Waals surface area contributed by atoms with Gasteiger partial charge >= 0.3 is 0 Å². The zero-order chi connectivity index (χ0) is 14.4. The van der Waals surface area contributed by atoms with Crippen LogP contribution in [0.5, 0.6) is 0 Å². The number of H-pyrrole nitrogens is 1. The van der Waals surface area contributed by atoms with Crippen molar-refractivity contribution in [1.82, 2.24) is 14.8 Å². The maximum Gasteiger partial charge on any atom is 0.264 e. The number of hydrogen-bond acceptors (Lipinski definition) is 2. The minimum absolute atomic E-state index is 0.0505. The van der Waals surface area contributed by atoms with Crippen LogP contribution in [0.1, 0.15) is 16.1 Å². The summed E-state index contributed by atoms with van der Waals surface area (Å²) in [6.45, 7) is 1.95. The van der Waals surface area contributed by atoms with E-state index in [-0.39, 0.29) is 5.91 Å². The molecule has 0 spiro atoms. The number of aromatic nitrogens is 3. The average Bonchev–Trinajstić information content (AvgIpc) is 3.06. The number of benzene rings is 2. The van der Waals surface area contributed by atoms with Crippen molar-refractivity contribution in [2.75, 3.05) is 0 Å². The highest BCUT2D eigenvalue weighted by molar-refractivity contribution is 6.15. The van der Waals surface area contributed by atoms with E-state index in [0.29, 0.717) is 5.56 Å². The molecule has 102 valence electrons. The SMILES string of the molecule is Cc1n[nH]c2c1c1ccccc1n2C(=O)c1ccccc1. The lowest BCUT2D eigenvalue weighted by Crippen LogP contribution is -2.11.